The smallest absolute Gasteiger partial charge is 0.294 e. The van der Waals surface area contributed by atoms with Crippen LogP contribution in [-0.2, 0) is 9.59 Å². The highest BCUT2D eigenvalue weighted by atomic mass is 35.5. The van der Waals surface area contributed by atoms with Crippen LogP contribution < -0.4 is 5.32 Å². The van der Waals surface area contributed by atoms with Crippen LogP contribution in [0.1, 0.15) is 11.1 Å². The number of aromatic nitrogens is 1. The van der Waals surface area contributed by atoms with Crippen LogP contribution in [0.15, 0.2) is 71.6 Å². The summed E-state index contributed by atoms with van der Waals surface area (Å²) in [7, 11) is 0. The topological polar surface area (TPSA) is 79.4 Å². The Hall–Kier alpha value is -3.46. The molecule has 3 aromatic carbocycles. The quantitative estimate of drug-likeness (QED) is 0.300. The summed E-state index contributed by atoms with van der Waals surface area (Å²) in [4.78, 5) is 43.5. The molecule has 0 saturated carbocycles. The molecule has 0 unspecified atom stereocenters. The second-order valence-electron chi connectivity index (χ2n) is 7.91. The number of fused-ring (bicyclic) bond motifs is 1. The second kappa shape index (κ2) is 9.65. The summed E-state index contributed by atoms with van der Waals surface area (Å²) in [5.74, 6) is -0.981. The first-order valence-corrected chi connectivity index (χ1v) is 12.7. The molecule has 0 radical (unpaired) electrons. The van der Waals surface area contributed by atoms with E-state index in [1.165, 1.54) is 5.56 Å². The zero-order valence-corrected chi connectivity index (χ0v) is 20.8. The van der Waals surface area contributed by atoms with Crippen LogP contribution in [0.5, 0.6) is 0 Å². The molecule has 35 heavy (non-hydrogen) atoms. The highest BCUT2D eigenvalue weighted by Crippen LogP contribution is 2.34. The normalized spacial score (nSPS) is 14.8. The number of hydrogen-bond acceptors (Lipinski definition) is 6. The van der Waals surface area contributed by atoms with Crippen molar-refractivity contribution in [3.63, 3.8) is 0 Å². The van der Waals surface area contributed by atoms with E-state index in [9.17, 15) is 14.4 Å². The number of rotatable bonds is 5. The van der Waals surface area contributed by atoms with Crippen LogP contribution in [0.25, 0.3) is 26.9 Å². The minimum absolute atomic E-state index is 0.228. The maximum absolute atomic E-state index is 12.7. The summed E-state index contributed by atoms with van der Waals surface area (Å²) in [6.45, 7) is 1.68. The Morgan fingerprint density at radius 2 is 1.86 bits per heavy atom. The number of nitrogens with one attached hydrogen (secondary N) is 1. The molecule has 6 nitrogen and oxygen atoms in total. The number of hydrogen-bond donors (Lipinski definition) is 1. The van der Waals surface area contributed by atoms with Crippen LogP contribution in [0.4, 0.5) is 10.5 Å². The predicted molar refractivity (Wildman–Crippen MR) is 143 cm³/mol. The third kappa shape index (κ3) is 5.00. The molecule has 4 aromatic rings. The molecular formula is C26H18ClN3O3S2. The van der Waals surface area contributed by atoms with Crippen molar-refractivity contribution in [1.29, 1.82) is 0 Å². The van der Waals surface area contributed by atoms with E-state index in [4.69, 9.17) is 11.6 Å². The number of anilines is 1. The van der Waals surface area contributed by atoms with Crippen molar-refractivity contribution < 1.29 is 14.4 Å². The lowest BCUT2D eigenvalue weighted by molar-refractivity contribution is -0.127. The maximum Gasteiger partial charge on any atom is 0.294 e. The first-order valence-electron chi connectivity index (χ1n) is 10.6. The number of imide groups is 1. The minimum atomic E-state index is -0.517. The second-order valence-corrected chi connectivity index (χ2v) is 10.3. The molecule has 1 saturated heterocycles. The monoisotopic (exact) mass is 519 g/mol. The average molecular weight is 520 g/mol. The number of aryl methyl sites for hydroxylation is 1. The molecule has 0 aliphatic carbocycles. The SMILES string of the molecule is Cc1ccc2nc(-c3ccc(NC(=O)CN4C(=O)SC(=Cc5ccccc5Cl)C4=O)cc3)sc2c1. The van der Waals surface area contributed by atoms with Gasteiger partial charge in [0, 0.05) is 16.3 Å². The number of thiazole rings is 1. The lowest BCUT2D eigenvalue weighted by Crippen LogP contribution is -2.36. The fraction of sp³-hybridized carbons (Fsp3) is 0.0769. The molecule has 1 aliphatic rings. The molecule has 9 heteroatoms. The van der Waals surface area contributed by atoms with Crippen LogP contribution in [0, 0.1) is 6.92 Å². The first-order chi connectivity index (χ1) is 16.9. The fourth-order valence-corrected chi connectivity index (χ4v) is 5.65. The molecule has 1 N–H and O–H groups in total. The van der Waals surface area contributed by atoms with Gasteiger partial charge in [-0.2, -0.15) is 0 Å². The van der Waals surface area contributed by atoms with Gasteiger partial charge in [-0.15, -0.1) is 11.3 Å². The molecule has 174 valence electrons. The number of nitrogens with zero attached hydrogens (tertiary/aromatic N) is 2. The van der Waals surface area contributed by atoms with Gasteiger partial charge in [-0.25, -0.2) is 4.98 Å². The third-order valence-corrected chi connectivity index (χ3v) is 7.65. The molecule has 5 rings (SSSR count). The zero-order valence-electron chi connectivity index (χ0n) is 18.4. The Kier molecular flexibility index (Phi) is 6.42. The van der Waals surface area contributed by atoms with E-state index in [-0.39, 0.29) is 11.4 Å². The van der Waals surface area contributed by atoms with Crippen molar-refractivity contribution in [3.8, 4) is 10.6 Å². The molecule has 0 spiro atoms. The number of carbonyl (C=O) groups is 3. The van der Waals surface area contributed by atoms with E-state index in [0.29, 0.717) is 16.3 Å². The lowest BCUT2D eigenvalue weighted by Gasteiger charge is -2.12. The van der Waals surface area contributed by atoms with Crippen LogP contribution >= 0.6 is 34.7 Å². The number of halogens is 1. The molecular weight excluding hydrogens is 502 g/mol. The highest BCUT2D eigenvalue weighted by molar-refractivity contribution is 8.18. The minimum Gasteiger partial charge on any atom is -0.325 e. The van der Waals surface area contributed by atoms with Crippen molar-refractivity contribution >= 4 is 73.7 Å². The molecule has 1 aromatic heterocycles. The Balaban J connectivity index is 1.25. The van der Waals surface area contributed by atoms with Gasteiger partial charge in [0.05, 0.1) is 15.1 Å². The van der Waals surface area contributed by atoms with Gasteiger partial charge in [0.2, 0.25) is 5.91 Å². The van der Waals surface area contributed by atoms with Crippen molar-refractivity contribution in [3.05, 3.63) is 87.8 Å². The Labute approximate surface area is 214 Å². The average Bonchev–Trinajstić information content (AvgIpc) is 3.37. The summed E-state index contributed by atoms with van der Waals surface area (Å²) in [5, 5.41) is 3.62. The number of amides is 3. The van der Waals surface area contributed by atoms with Crippen molar-refractivity contribution in [1.82, 2.24) is 9.88 Å². The summed E-state index contributed by atoms with van der Waals surface area (Å²) in [5.41, 5.74) is 4.28. The van der Waals surface area contributed by atoms with Crippen molar-refractivity contribution in [2.24, 2.45) is 0 Å². The van der Waals surface area contributed by atoms with Gasteiger partial charge in [0.15, 0.2) is 0 Å². The standard InChI is InChI=1S/C26H18ClN3O3S2/c1-15-6-11-20-21(12-15)34-24(29-20)16-7-9-18(10-8-16)28-23(31)14-30-25(32)22(35-26(30)33)13-17-4-2-3-5-19(17)27/h2-13H,14H2,1H3,(H,28,31). The Morgan fingerprint density at radius 3 is 2.63 bits per heavy atom. The number of benzene rings is 3. The lowest BCUT2D eigenvalue weighted by atomic mass is 10.2. The zero-order chi connectivity index (χ0) is 24.5. The fourth-order valence-electron chi connectivity index (χ4n) is 3.57. The number of thioether (sulfide) groups is 1. The Morgan fingerprint density at radius 1 is 1.09 bits per heavy atom. The molecule has 1 fully saturated rings. The largest absolute Gasteiger partial charge is 0.325 e. The van der Waals surface area contributed by atoms with Crippen molar-refractivity contribution in [2.75, 3.05) is 11.9 Å². The van der Waals surface area contributed by atoms with Gasteiger partial charge in [-0.05, 0) is 78.4 Å². The summed E-state index contributed by atoms with van der Waals surface area (Å²) < 4.78 is 1.12. The van der Waals surface area contributed by atoms with Crippen molar-refractivity contribution in [2.45, 2.75) is 6.92 Å². The summed E-state index contributed by atoms with van der Waals surface area (Å²) >= 11 is 8.54. The maximum atomic E-state index is 12.7. The van der Waals surface area contributed by atoms with Gasteiger partial charge in [0.1, 0.15) is 11.6 Å². The van der Waals surface area contributed by atoms with E-state index < -0.39 is 17.1 Å². The van der Waals surface area contributed by atoms with E-state index >= 15 is 0 Å². The van der Waals surface area contributed by atoms with Crippen LogP contribution in [-0.4, -0.2) is 33.5 Å². The van der Waals surface area contributed by atoms with E-state index in [1.54, 1.807) is 53.8 Å². The highest BCUT2D eigenvalue weighted by Gasteiger charge is 2.36. The number of carbonyl (C=O) groups excluding carboxylic acids is 3. The van der Waals surface area contributed by atoms with Gasteiger partial charge in [0.25, 0.3) is 11.1 Å². The molecule has 2 heterocycles. The third-order valence-electron chi connectivity index (χ3n) is 5.33. The van der Waals surface area contributed by atoms with Gasteiger partial charge in [-0.3, -0.25) is 19.3 Å². The van der Waals surface area contributed by atoms with Crippen LogP contribution in [0.3, 0.4) is 0 Å². The van der Waals surface area contributed by atoms with Gasteiger partial charge >= 0.3 is 0 Å². The van der Waals surface area contributed by atoms with E-state index in [2.05, 4.69) is 16.4 Å². The van der Waals surface area contributed by atoms with E-state index in [1.807, 2.05) is 31.2 Å². The summed E-state index contributed by atoms with van der Waals surface area (Å²) in [6, 6.07) is 20.5. The first kappa shape index (κ1) is 23.3. The van der Waals surface area contributed by atoms with Crippen LogP contribution in [0.2, 0.25) is 5.02 Å². The molecule has 0 bridgehead atoms. The molecule has 1 aliphatic heterocycles. The summed E-state index contributed by atoms with van der Waals surface area (Å²) in [6.07, 6.45) is 1.56. The molecule has 3 amide bonds. The Bertz CT molecular complexity index is 1510. The van der Waals surface area contributed by atoms with Gasteiger partial charge in [-0.1, -0.05) is 35.9 Å². The van der Waals surface area contributed by atoms with Gasteiger partial charge < -0.3 is 5.32 Å². The predicted octanol–water partition coefficient (Wildman–Crippen LogP) is 6.60. The van der Waals surface area contributed by atoms with E-state index in [0.717, 1.165) is 37.4 Å². The molecule has 0 atom stereocenters.